The summed E-state index contributed by atoms with van der Waals surface area (Å²) in [5.74, 6) is -0.266. The molecule has 9 heteroatoms. The number of likely N-dealkylation sites (N-methyl/N-ethyl adjacent to an activating group) is 1. The van der Waals surface area contributed by atoms with Gasteiger partial charge < -0.3 is 15.1 Å². The Balaban J connectivity index is 1.38. The van der Waals surface area contributed by atoms with E-state index >= 15 is 0 Å². The lowest BCUT2D eigenvalue weighted by molar-refractivity contribution is -0.111. The summed E-state index contributed by atoms with van der Waals surface area (Å²) in [4.78, 5) is 16.9. The fourth-order valence-corrected chi connectivity index (χ4v) is 3.71. The van der Waals surface area contributed by atoms with Gasteiger partial charge in [-0.25, -0.2) is 0 Å². The van der Waals surface area contributed by atoms with Crippen molar-refractivity contribution in [3.63, 3.8) is 0 Å². The highest BCUT2D eigenvalue weighted by atomic mass is 35.5. The Bertz CT molecular complexity index is 803. The van der Waals surface area contributed by atoms with Crippen LogP contribution in [0.1, 0.15) is 12.0 Å². The summed E-state index contributed by atoms with van der Waals surface area (Å²) in [6.45, 7) is 6.45. The SMILES string of the molecule is CN1CCN(CCCNc2nnc(NC(=O)/C=C/c3ccccc3Cl)s2)CC1. The van der Waals surface area contributed by atoms with Gasteiger partial charge in [-0.2, -0.15) is 0 Å². The van der Waals surface area contributed by atoms with E-state index in [0.29, 0.717) is 15.3 Å². The highest BCUT2D eigenvalue weighted by Crippen LogP contribution is 2.20. The molecule has 1 saturated heterocycles. The second kappa shape index (κ2) is 10.5. The van der Waals surface area contributed by atoms with Crippen LogP contribution in [0.25, 0.3) is 6.08 Å². The Kier molecular flexibility index (Phi) is 7.79. The number of carbonyl (C=O) groups excluding carboxylic acids is 1. The van der Waals surface area contributed by atoms with E-state index < -0.39 is 0 Å². The minimum Gasteiger partial charge on any atom is -0.360 e. The van der Waals surface area contributed by atoms with E-state index in [-0.39, 0.29) is 5.91 Å². The Morgan fingerprint density at radius 3 is 2.75 bits per heavy atom. The topological polar surface area (TPSA) is 73.4 Å². The predicted molar refractivity (Wildman–Crippen MR) is 116 cm³/mol. The van der Waals surface area contributed by atoms with Crippen LogP contribution in [0.15, 0.2) is 30.3 Å². The fourth-order valence-electron chi connectivity index (χ4n) is 2.84. The molecule has 0 radical (unpaired) electrons. The summed E-state index contributed by atoms with van der Waals surface area (Å²) in [6.07, 6.45) is 4.16. The van der Waals surface area contributed by atoms with E-state index in [1.165, 1.54) is 17.4 Å². The molecule has 1 aromatic heterocycles. The number of amides is 1. The number of halogens is 1. The van der Waals surface area contributed by atoms with Gasteiger partial charge in [0.1, 0.15) is 0 Å². The molecule has 1 amide bonds. The monoisotopic (exact) mass is 420 g/mol. The number of carbonyl (C=O) groups is 1. The summed E-state index contributed by atoms with van der Waals surface area (Å²) >= 11 is 7.40. The number of anilines is 2. The predicted octanol–water partition coefficient (Wildman–Crippen LogP) is 2.89. The Morgan fingerprint density at radius 1 is 1.21 bits per heavy atom. The zero-order chi connectivity index (χ0) is 19.8. The minimum absolute atomic E-state index is 0.266. The molecule has 2 aromatic rings. The molecule has 1 aliphatic rings. The van der Waals surface area contributed by atoms with Crippen molar-refractivity contribution >= 4 is 45.2 Å². The zero-order valence-electron chi connectivity index (χ0n) is 15.9. The molecule has 3 rings (SSSR count). The first-order valence-electron chi connectivity index (χ1n) is 9.32. The summed E-state index contributed by atoms with van der Waals surface area (Å²) in [5.41, 5.74) is 0.791. The maximum atomic E-state index is 12.0. The molecule has 0 bridgehead atoms. The quantitative estimate of drug-likeness (QED) is 0.505. The van der Waals surface area contributed by atoms with E-state index in [2.05, 4.69) is 37.7 Å². The van der Waals surface area contributed by atoms with Gasteiger partial charge in [0.05, 0.1) is 0 Å². The van der Waals surface area contributed by atoms with E-state index in [1.54, 1.807) is 12.1 Å². The molecular formula is C19H25ClN6OS. The highest BCUT2D eigenvalue weighted by Gasteiger charge is 2.13. The summed E-state index contributed by atoms with van der Waals surface area (Å²) in [7, 11) is 2.16. The standard InChI is InChI=1S/C19H25ClN6OS/c1-25-11-13-26(14-12-25)10-4-9-21-18-23-24-19(28-18)22-17(27)8-7-15-5-2-3-6-16(15)20/h2-3,5-8H,4,9-14H2,1H3,(H,21,23)(H,22,24,27)/b8-7+. The van der Waals surface area contributed by atoms with Crippen LogP contribution >= 0.6 is 22.9 Å². The molecule has 7 nitrogen and oxygen atoms in total. The van der Waals surface area contributed by atoms with Crippen LogP contribution < -0.4 is 10.6 Å². The van der Waals surface area contributed by atoms with Crippen LogP contribution in [0.3, 0.4) is 0 Å². The fraction of sp³-hybridized carbons (Fsp3) is 0.421. The summed E-state index contributed by atoms with van der Waals surface area (Å²) in [6, 6.07) is 7.35. The highest BCUT2D eigenvalue weighted by molar-refractivity contribution is 7.19. The Morgan fingerprint density at radius 2 is 1.96 bits per heavy atom. The van der Waals surface area contributed by atoms with E-state index in [4.69, 9.17) is 11.6 Å². The van der Waals surface area contributed by atoms with Gasteiger partial charge in [0.15, 0.2) is 0 Å². The van der Waals surface area contributed by atoms with Crippen molar-refractivity contribution in [1.82, 2.24) is 20.0 Å². The van der Waals surface area contributed by atoms with Crippen molar-refractivity contribution in [2.24, 2.45) is 0 Å². The second-order valence-electron chi connectivity index (χ2n) is 6.68. The van der Waals surface area contributed by atoms with Crippen LogP contribution in [-0.2, 0) is 4.79 Å². The van der Waals surface area contributed by atoms with Crippen LogP contribution in [0.2, 0.25) is 5.02 Å². The average Bonchev–Trinajstić information content (AvgIpc) is 3.13. The maximum Gasteiger partial charge on any atom is 0.250 e. The third-order valence-electron chi connectivity index (χ3n) is 4.50. The summed E-state index contributed by atoms with van der Waals surface area (Å²) in [5, 5.41) is 15.9. The molecule has 0 unspecified atom stereocenters. The van der Waals surface area contributed by atoms with E-state index in [0.717, 1.165) is 51.3 Å². The van der Waals surface area contributed by atoms with Crippen molar-refractivity contribution in [1.29, 1.82) is 0 Å². The van der Waals surface area contributed by atoms with Crippen molar-refractivity contribution in [3.05, 3.63) is 40.9 Å². The molecule has 150 valence electrons. The smallest absolute Gasteiger partial charge is 0.250 e. The molecule has 1 fully saturated rings. The number of piperazine rings is 1. The van der Waals surface area contributed by atoms with Crippen LogP contribution in [0.4, 0.5) is 10.3 Å². The molecule has 0 saturated carbocycles. The largest absolute Gasteiger partial charge is 0.360 e. The molecule has 0 spiro atoms. The Labute approximate surface area is 174 Å². The number of nitrogens with zero attached hydrogens (tertiary/aromatic N) is 4. The van der Waals surface area contributed by atoms with Gasteiger partial charge in [-0.3, -0.25) is 10.1 Å². The molecular weight excluding hydrogens is 396 g/mol. The number of aromatic nitrogens is 2. The lowest BCUT2D eigenvalue weighted by Crippen LogP contribution is -2.44. The second-order valence-corrected chi connectivity index (χ2v) is 8.07. The number of hydrogen-bond donors (Lipinski definition) is 2. The van der Waals surface area contributed by atoms with Crippen molar-refractivity contribution in [2.45, 2.75) is 6.42 Å². The van der Waals surface area contributed by atoms with Gasteiger partial charge in [-0.1, -0.05) is 41.1 Å². The minimum atomic E-state index is -0.266. The third-order valence-corrected chi connectivity index (χ3v) is 5.64. The van der Waals surface area contributed by atoms with Crippen molar-refractivity contribution < 1.29 is 4.79 Å². The lowest BCUT2D eigenvalue weighted by Gasteiger charge is -2.32. The number of hydrogen-bond acceptors (Lipinski definition) is 7. The molecule has 2 heterocycles. The van der Waals surface area contributed by atoms with E-state index in [1.807, 2.05) is 18.2 Å². The van der Waals surface area contributed by atoms with Gasteiger partial charge in [0, 0.05) is 43.8 Å². The maximum absolute atomic E-state index is 12.0. The molecule has 0 atom stereocenters. The molecule has 1 aromatic carbocycles. The molecule has 0 aliphatic carbocycles. The van der Waals surface area contributed by atoms with Gasteiger partial charge in [0.2, 0.25) is 16.2 Å². The lowest BCUT2D eigenvalue weighted by atomic mass is 10.2. The summed E-state index contributed by atoms with van der Waals surface area (Å²) < 4.78 is 0. The number of benzene rings is 1. The average molecular weight is 421 g/mol. The molecule has 1 aliphatic heterocycles. The normalized spacial score (nSPS) is 15.8. The van der Waals surface area contributed by atoms with E-state index in [9.17, 15) is 4.79 Å². The first kappa shape index (κ1) is 20.7. The molecule has 2 N–H and O–H groups in total. The first-order chi connectivity index (χ1) is 13.6. The van der Waals surface area contributed by atoms with Gasteiger partial charge >= 0.3 is 0 Å². The number of rotatable bonds is 8. The number of nitrogens with one attached hydrogen (secondary N) is 2. The van der Waals surface area contributed by atoms with Gasteiger partial charge in [-0.05, 0) is 37.7 Å². The van der Waals surface area contributed by atoms with Gasteiger partial charge in [-0.15, -0.1) is 10.2 Å². The molecule has 28 heavy (non-hydrogen) atoms. The van der Waals surface area contributed by atoms with Gasteiger partial charge in [0.25, 0.3) is 0 Å². The first-order valence-corrected chi connectivity index (χ1v) is 10.5. The van der Waals surface area contributed by atoms with Crippen LogP contribution in [0.5, 0.6) is 0 Å². The van der Waals surface area contributed by atoms with Crippen LogP contribution in [0, 0.1) is 0 Å². The van der Waals surface area contributed by atoms with Crippen molar-refractivity contribution in [2.75, 3.05) is 56.9 Å². The Hall–Kier alpha value is -2.00. The zero-order valence-corrected chi connectivity index (χ0v) is 17.5. The third kappa shape index (κ3) is 6.56. The van der Waals surface area contributed by atoms with Crippen molar-refractivity contribution in [3.8, 4) is 0 Å². The van der Waals surface area contributed by atoms with Crippen LogP contribution in [-0.4, -0.2) is 72.2 Å².